The summed E-state index contributed by atoms with van der Waals surface area (Å²) >= 11 is 1.94. The second kappa shape index (κ2) is 8.37. The van der Waals surface area contributed by atoms with Gasteiger partial charge >= 0.3 is 0 Å². The molecular formula is C13H30N2S. The van der Waals surface area contributed by atoms with Crippen LogP contribution in [0.2, 0.25) is 0 Å². The molecule has 0 aliphatic rings. The molecule has 1 N–H and O–H groups in total. The third-order valence-corrected chi connectivity index (χ3v) is 4.12. The smallest absolute Gasteiger partial charge is 0.0181 e. The molecule has 1 unspecified atom stereocenters. The number of hydrogen-bond acceptors (Lipinski definition) is 3. The number of hydrogen-bond donors (Lipinski definition) is 1. The molecular weight excluding hydrogens is 216 g/mol. The van der Waals surface area contributed by atoms with Crippen LogP contribution in [0.5, 0.6) is 0 Å². The predicted octanol–water partition coefficient (Wildman–Crippen LogP) is 2.84. The van der Waals surface area contributed by atoms with Crippen molar-refractivity contribution < 1.29 is 0 Å². The lowest BCUT2D eigenvalue weighted by molar-refractivity contribution is 0.242. The molecule has 0 saturated heterocycles. The summed E-state index contributed by atoms with van der Waals surface area (Å²) in [6.07, 6.45) is 4.61. The highest BCUT2D eigenvalue weighted by atomic mass is 32.2. The lowest BCUT2D eigenvalue weighted by atomic mass is 10.0. The Balaban J connectivity index is 3.82. The lowest BCUT2D eigenvalue weighted by Gasteiger charge is -2.30. The highest BCUT2D eigenvalue weighted by molar-refractivity contribution is 7.98. The van der Waals surface area contributed by atoms with E-state index >= 15 is 0 Å². The minimum atomic E-state index is 0.280. The summed E-state index contributed by atoms with van der Waals surface area (Å²) in [5, 5.41) is 3.61. The van der Waals surface area contributed by atoms with Gasteiger partial charge in [0, 0.05) is 30.4 Å². The first kappa shape index (κ1) is 16.3. The highest BCUT2D eigenvalue weighted by Crippen LogP contribution is 2.09. The van der Waals surface area contributed by atoms with Crippen LogP contribution in [0.3, 0.4) is 0 Å². The van der Waals surface area contributed by atoms with Gasteiger partial charge in [0.15, 0.2) is 0 Å². The summed E-state index contributed by atoms with van der Waals surface area (Å²) in [5.41, 5.74) is 0.280. The molecule has 0 saturated carbocycles. The van der Waals surface area contributed by atoms with E-state index in [2.05, 4.69) is 51.2 Å². The quantitative estimate of drug-likeness (QED) is 0.673. The van der Waals surface area contributed by atoms with E-state index in [1.54, 1.807) is 0 Å². The Morgan fingerprint density at radius 1 is 1.31 bits per heavy atom. The highest BCUT2D eigenvalue weighted by Gasteiger charge is 2.15. The molecule has 0 rings (SSSR count). The zero-order valence-corrected chi connectivity index (χ0v) is 12.8. The van der Waals surface area contributed by atoms with Gasteiger partial charge in [-0.15, -0.1) is 0 Å². The Labute approximate surface area is 107 Å². The molecule has 0 amide bonds. The van der Waals surface area contributed by atoms with E-state index < -0.39 is 0 Å². The maximum atomic E-state index is 3.61. The number of thioether (sulfide) groups is 1. The van der Waals surface area contributed by atoms with Crippen LogP contribution in [0.1, 0.15) is 40.5 Å². The first-order valence-electron chi connectivity index (χ1n) is 6.41. The van der Waals surface area contributed by atoms with Crippen molar-refractivity contribution in [1.29, 1.82) is 0 Å². The minimum Gasteiger partial charge on any atom is -0.311 e. The van der Waals surface area contributed by atoms with Crippen LogP contribution in [-0.4, -0.2) is 48.6 Å². The van der Waals surface area contributed by atoms with E-state index in [4.69, 9.17) is 0 Å². The van der Waals surface area contributed by atoms with Gasteiger partial charge in [-0.05, 0) is 40.0 Å². The SMILES string of the molecule is CCC(CSC)N(C)CCNC(C)(C)CC. The summed E-state index contributed by atoms with van der Waals surface area (Å²) in [6.45, 7) is 11.3. The molecule has 0 aliphatic carbocycles. The molecule has 0 fully saturated rings. The van der Waals surface area contributed by atoms with E-state index in [1.807, 2.05) is 11.8 Å². The van der Waals surface area contributed by atoms with Crippen molar-refractivity contribution in [2.75, 3.05) is 32.1 Å². The number of nitrogens with one attached hydrogen (secondary N) is 1. The predicted molar refractivity (Wildman–Crippen MR) is 77.5 cm³/mol. The fraction of sp³-hybridized carbons (Fsp3) is 1.00. The molecule has 3 heteroatoms. The molecule has 16 heavy (non-hydrogen) atoms. The first-order chi connectivity index (χ1) is 7.46. The fourth-order valence-electron chi connectivity index (χ4n) is 1.63. The molecule has 0 heterocycles. The third kappa shape index (κ3) is 6.77. The molecule has 0 spiro atoms. The summed E-state index contributed by atoms with van der Waals surface area (Å²) in [5.74, 6) is 1.24. The van der Waals surface area contributed by atoms with Crippen molar-refractivity contribution in [2.45, 2.75) is 52.1 Å². The summed E-state index contributed by atoms with van der Waals surface area (Å²) in [7, 11) is 2.24. The average molecular weight is 246 g/mol. The van der Waals surface area contributed by atoms with Gasteiger partial charge in [0.2, 0.25) is 0 Å². The molecule has 0 aromatic heterocycles. The normalized spacial score (nSPS) is 14.4. The van der Waals surface area contributed by atoms with Crippen LogP contribution >= 0.6 is 11.8 Å². The Morgan fingerprint density at radius 2 is 1.94 bits per heavy atom. The largest absolute Gasteiger partial charge is 0.311 e. The zero-order chi connectivity index (χ0) is 12.6. The first-order valence-corrected chi connectivity index (χ1v) is 7.80. The van der Waals surface area contributed by atoms with Gasteiger partial charge in [-0.2, -0.15) is 11.8 Å². The maximum Gasteiger partial charge on any atom is 0.0181 e. The third-order valence-electron chi connectivity index (χ3n) is 3.41. The molecule has 0 aliphatic heterocycles. The monoisotopic (exact) mass is 246 g/mol. The van der Waals surface area contributed by atoms with E-state index in [0.29, 0.717) is 0 Å². The maximum absolute atomic E-state index is 3.61. The van der Waals surface area contributed by atoms with Crippen molar-refractivity contribution in [3.05, 3.63) is 0 Å². The lowest BCUT2D eigenvalue weighted by Crippen LogP contribution is -2.44. The van der Waals surface area contributed by atoms with E-state index in [1.165, 1.54) is 18.6 Å². The Bertz CT molecular complexity index is 171. The average Bonchev–Trinajstić information content (AvgIpc) is 2.25. The molecule has 0 bridgehead atoms. The Morgan fingerprint density at radius 3 is 2.38 bits per heavy atom. The van der Waals surface area contributed by atoms with Crippen LogP contribution in [0.15, 0.2) is 0 Å². The molecule has 98 valence electrons. The van der Waals surface area contributed by atoms with Gasteiger partial charge in [-0.1, -0.05) is 13.8 Å². The molecule has 1 atom stereocenters. The topological polar surface area (TPSA) is 15.3 Å². The van der Waals surface area contributed by atoms with Crippen LogP contribution in [-0.2, 0) is 0 Å². The molecule has 2 nitrogen and oxygen atoms in total. The molecule has 0 radical (unpaired) electrons. The minimum absolute atomic E-state index is 0.280. The Hall–Kier alpha value is 0.270. The fourth-order valence-corrected chi connectivity index (χ4v) is 2.50. The van der Waals surface area contributed by atoms with Gasteiger partial charge in [0.1, 0.15) is 0 Å². The van der Waals surface area contributed by atoms with Gasteiger partial charge in [0.05, 0.1) is 0 Å². The van der Waals surface area contributed by atoms with Crippen LogP contribution in [0.25, 0.3) is 0 Å². The van der Waals surface area contributed by atoms with Crippen molar-refractivity contribution in [2.24, 2.45) is 0 Å². The number of likely N-dealkylation sites (N-methyl/N-ethyl adjacent to an activating group) is 1. The number of rotatable bonds is 9. The summed E-state index contributed by atoms with van der Waals surface area (Å²) in [4.78, 5) is 2.48. The van der Waals surface area contributed by atoms with Gasteiger partial charge < -0.3 is 10.2 Å². The molecule has 0 aromatic rings. The van der Waals surface area contributed by atoms with Crippen molar-refractivity contribution in [1.82, 2.24) is 10.2 Å². The number of nitrogens with zero attached hydrogens (tertiary/aromatic N) is 1. The van der Waals surface area contributed by atoms with Crippen molar-refractivity contribution in [3.8, 4) is 0 Å². The van der Waals surface area contributed by atoms with Gasteiger partial charge in [0.25, 0.3) is 0 Å². The van der Waals surface area contributed by atoms with Crippen LogP contribution in [0.4, 0.5) is 0 Å². The van der Waals surface area contributed by atoms with Crippen LogP contribution < -0.4 is 5.32 Å². The summed E-state index contributed by atoms with van der Waals surface area (Å²) in [6, 6.07) is 0.724. The van der Waals surface area contributed by atoms with Gasteiger partial charge in [-0.3, -0.25) is 0 Å². The van der Waals surface area contributed by atoms with E-state index in [0.717, 1.165) is 19.1 Å². The van der Waals surface area contributed by atoms with Crippen LogP contribution in [0, 0.1) is 0 Å². The second-order valence-corrected chi connectivity index (χ2v) is 6.07. The van der Waals surface area contributed by atoms with Gasteiger partial charge in [-0.25, -0.2) is 0 Å². The van der Waals surface area contributed by atoms with E-state index in [-0.39, 0.29) is 5.54 Å². The molecule has 0 aromatic carbocycles. The van der Waals surface area contributed by atoms with Crippen molar-refractivity contribution in [3.63, 3.8) is 0 Å². The van der Waals surface area contributed by atoms with E-state index in [9.17, 15) is 0 Å². The zero-order valence-electron chi connectivity index (χ0n) is 12.0. The summed E-state index contributed by atoms with van der Waals surface area (Å²) < 4.78 is 0. The Kier molecular flexibility index (Phi) is 8.52. The van der Waals surface area contributed by atoms with Crippen molar-refractivity contribution >= 4 is 11.8 Å². The standard InChI is InChI=1S/C13H30N2S/c1-7-12(11-16-6)15(5)10-9-14-13(3,4)8-2/h12,14H,7-11H2,1-6H3. The second-order valence-electron chi connectivity index (χ2n) is 5.16.